The van der Waals surface area contributed by atoms with Crippen molar-refractivity contribution in [3.8, 4) is 0 Å². The van der Waals surface area contributed by atoms with E-state index in [-0.39, 0.29) is 18.7 Å². The van der Waals surface area contributed by atoms with Crippen LogP contribution in [0, 0.1) is 0 Å². The largest absolute Gasteiger partial charge is 0.480 e. The summed E-state index contributed by atoms with van der Waals surface area (Å²) in [7, 11) is 0. The normalized spacial score (nSPS) is 18.1. The third kappa shape index (κ3) is 2.72. The van der Waals surface area contributed by atoms with Gasteiger partial charge in [0.15, 0.2) is 0 Å². The van der Waals surface area contributed by atoms with Crippen molar-refractivity contribution in [3.05, 3.63) is 34.9 Å². The van der Waals surface area contributed by atoms with Gasteiger partial charge < -0.3 is 15.7 Å². The molecule has 0 radical (unpaired) electrons. The monoisotopic (exact) mass is 282 g/mol. The molecule has 1 amide bonds. The Balaban J connectivity index is 2.08. The second-order valence-corrected chi connectivity index (χ2v) is 5.14. The Hall–Kier alpha value is -1.59. The first-order valence-corrected chi connectivity index (χ1v) is 6.38. The summed E-state index contributed by atoms with van der Waals surface area (Å²) >= 11 is 5.98. The SMILES string of the molecule is NC1(C(=O)O)CCN(C(=O)c2ccccc2Cl)CC1. The number of halogens is 1. The Morgan fingerprint density at radius 3 is 2.37 bits per heavy atom. The molecule has 1 saturated heterocycles. The molecule has 0 saturated carbocycles. The van der Waals surface area contributed by atoms with E-state index in [1.807, 2.05) is 0 Å². The third-order valence-electron chi connectivity index (χ3n) is 3.47. The molecule has 5 nitrogen and oxygen atoms in total. The number of rotatable bonds is 2. The fraction of sp³-hybridized carbons (Fsp3) is 0.385. The van der Waals surface area contributed by atoms with E-state index in [2.05, 4.69) is 0 Å². The number of likely N-dealkylation sites (tertiary alicyclic amines) is 1. The predicted octanol–water partition coefficient (Wildman–Crippen LogP) is 1.36. The third-order valence-corrected chi connectivity index (χ3v) is 3.80. The molecule has 1 fully saturated rings. The molecule has 6 heteroatoms. The van der Waals surface area contributed by atoms with Gasteiger partial charge in [-0.2, -0.15) is 0 Å². The van der Waals surface area contributed by atoms with Crippen LogP contribution >= 0.6 is 11.6 Å². The molecule has 1 aliphatic rings. The van der Waals surface area contributed by atoms with Crippen molar-refractivity contribution in [1.82, 2.24) is 4.90 Å². The summed E-state index contributed by atoms with van der Waals surface area (Å²) in [6, 6.07) is 6.81. The van der Waals surface area contributed by atoms with Gasteiger partial charge in [-0.3, -0.25) is 9.59 Å². The van der Waals surface area contributed by atoms with Gasteiger partial charge in [0.25, 0.3) is 5.91 Å². The van der Waals surface area contributed by atoms with E-state index in [0.717, 1.165) is 0 Å². The van der Waals surface area contributed by atoms with Crippen LogP contribution in [0.2, 0.25) is 5.02 Å². The van der Waals surface area contributed by atoms with E-state index in [4.69, 9.17) is 22.4 Å². The maximum atomic E-state index is 12.3. The van der Waals surface area contributed by atoms with Gasteiger partial charge in [0.2, 0.25) is 0 Å². The molecule has 0 bridgehead atoms. The Bertz CT molecular complexity index is 510. The number of carbonyl (C=O) groups excluding carboxylic acids is 1. The number of nitrogens with two attached hydrogens (primary N) is 1. The van der Waals surface area contributed by atoms with Gasteiger partial charge in [-0.1, -0.05) is 23.7 Å². The van der Waals surface area contributed by atoms with Gasteiger partial charge in [0.05, 0.1) is 10.6 Å². The summed E-state index contributed by atoms with van der Waals surface area (Å²) in [5.74, 6) is -1.20. The number of hydrogen-bond donors (Lipinski definition) is 2. The van der Waals surface area contributed by atoms with Crippen LogP contribution in [0.5, 0.6) is 0 Å². The predicted molar refractivity (Wildman–Crippen MR) is 71.1 cm³/mol. The summed E-state index contributed by atoms with van der Waals surface area (Å²) in [4.78, 5) is 24.9. The minimum atomic E-state index is -1.22. The number of benzene rings is 1. The summed E-state index contributed by atoms with van der Waals surface area (Å²) in [5.41, 5.74) is 4.98. The summed E-state index contributed by atoms with van der Waals surface area (Å²) in [5, 5.41) is 9.43. The highest BCUT2D eigenvalue weighted by Gasteiger charge is 2.39. The van der Waals surface area contributed by atoms with E-state index in [0.29, 0.717) is 23.7 Å². The smallest absolute Gasteiger partial charge is 0.323 e. The van der Waals surface area contributed by atoms with Crippen LogP contribution < -0.4 is 5.73 Å². The maximum Gasteiger partial charge on any atom is 0.323 e. The van der Waals surface area contributed by atoms with Crippen LogP contribution in [-0.2, 0) is 4.79 Å². The zero-order valence-corrected chi connectivity index (χ0v) is 11.1. The quantitative estimate of drug-likeness (QED) is 0.858. The molecule has 1 aromatic carbocycles. The molecule has 0 aromatic heterocycles. The lowest BCUT2D eigenvalue weighted by atomic mass is 9.88. The van der Waals surface area contributed by atoms with Gasteiger partial charge in [-0.15, -0.1) is 0 Å². The molecule has 3 N–H and O–H groups in total. The van der Waals surface area contributed by atoms with Gasteiger partial charge in [0, 0.05) is 13.1 Å². The summed E-state index contributed by atoms with van der Waals surface area (Å²) in [6.45, 7) is 0.652. The highest BCUT2D eigenvalue weighted by molar-refractivity contribution is 6.33. The number of hydrogen-bond acceptors (Lipinski definition) is 3. The Morgan fingerprint density at radius 1 is 1.26 bits per heavy atom. The van der Waals surface area contributed by atoms with Crippen molar-refractivity contribution in [2.24, 2.45) is 5.73 Å². The molecule has 0 unspecified atom stereocenters. The zero-order valence-electron chi connectivity index (χ0n) is 10.3. The molecule has 1 aliphatic heterocycles. The van der Waals surface area contributed by atoms with E-state index in [1.165, 1.54) is 0 Å². The molecule has 0 spiro atoms. The maximum absolute atomic E-state index is 12.3. The molecule has 2 rings (SSSR count). The Labute approximate surface area is 116 Å². The molecule has 19 heavy (non-hydrogen) atoms. The number of aliphatic carboxylic acids is 1. The van der Waals surface area contributed by atoms with E-state index >= 15 is 0 Å². The second kappa shape index (κ2) is 5.19. The van der Waals surface area contributed by atoms with Crippen molar-refractivity contribution >= 4 is 23.5 Å². The Kier molecular flexibility index (Phi) is 3.78. The van der Waals surface area contributed by atoms with E-state index in [9.17, 15) is 9.59 Å². The lowest BCUT2D eigenvalue weighted by molar-refractivity contribution is -0.145. The Morgan fingerprint density at radius 2 is 1.84 bits per heavy atom. The minimum absolute atomic E-state index is 0.182. The summed E-state index contributed by atoms with van der Waals surface area (Å²) < 4.78 is 0. The molecule has 0 atom stereocenters. The second-order valence-electron chi connectivity index (χ2n) is 4.73. The van der Waals surface area contributed by atoms with E-state index < -0.39 is 11.5 Å². The highest BCUT2D eigenvalue weighted by atomic mass is 35.5. The number of piperidine rings is 1. The number of carboxylic acid groups (broad SMARTS) is 1. The van der Waals surface area contributed by atoms with Crippen LogP contribution in [0.1, 0.15) is 23.2 Å². The molecular weight excluding hydrogens is 268 g/mol. The lowest BCUT2D eigenvalue weighted by Gasteiger charge is -2.36. The van der Waals surface area contributed by atoms with Crippen LogP contribution in [-0.4, -0.2) is 40.5 Å². The van der Waals surface area contributed by atoms with Gasteiger partial charge >= 0.3 is 5.97 Å². The van der Waals surface area contributed by atoms with E-state index in [1.54, 1.807) is 29.2 Å². The van der Waals surface area contributed by atoms with Crippen molar-refractivity contribution < 1.29 is 14.7 Å². The first kappa shape index (κ1) is 13.8. The topological polar surface area (TPSA) is 83.6 Å². The van der Waals surface area contributed by atoms with Crippen LogP contribution in [0.15, 0.2) is 24.3 Å². The van der Waals surface area contributed by atoms with Crippen molar-refractivity contribution in [2.75, 3.05) is 13.1 Å². The standard InChI is InChI=1S/C13H15ClN2O3/c14-10-4-2-1-3-9(10)11(17)16-7-5-13(15,6-8-16)12(18)19/h1-4H,5-8,15H2,(H,18,19). The number of nitrogens with zero attached hydrogens (tertiary/aromatic N) is 1. The lowest BCUT2D eigenvalue weighted by Crippen LogP contribution is -2.56. The van der Waals surface area contributed by atoms with Crippen molar-refractivity contribution in [1.29, 1.82) is 0 Å². The fourth-order valence-corrected chi connectivity index (χ4v) is 2.34. The van der Waals surface area contributed by atoms with Crippen LogP contribution in [0.3, 0.4) is 0 Å². The fourth-order valence-electron chi connectivity index (χ4n) is 2.13. The zero-order chi connectivity index (χ0) is 14.0. The minimum Gasteiger partial charge on any atom is -0.480 e. The van der Waals surface area contributed by atoms with Crippen LogP contribution in [0.4, 0.5) is 0 Å². The molecule has 0 aliphatic carbocycles. The summed E-state index contributed by atoms with van der Waals surface area (Å²) in [6.07, 6.45) is 0.497. The van der Waals surface area contributed by atoms with Crippen molar-refractivity contribution in [3.63, 3.8) is 0 Å². The number of carboxylic acids is 1. The van der Waals surface area contributed by atoms with Gasteiger partial charge in [0.1, 0.15) is 5.54 Å². The van der Waals surface area contributed by atoms with Crippen molar-refractivity contribution in [2.45, 2.75) is 18.4 Å². The highest BCUT2D eigenvalue weighted by Crippen LogP contribution is 2.23. The number of amides is 1. The average Bonchev–Trinajstić information content (AvgIpc) is 2.39. The average molecular weight is 283 g/mol. The van der Waals surface area contributed by atoms with Gasteiger partial charge in [-0.05, 0) is 25.0 Å². The van der Waals surface area contributed by atoms with Gasteiger partial charge in [-0.25, -0.2) is 0 Å². The molecule has 1 aromatic rings. The first-order chi connectivity index (χ1) is 8.94. The first-order valence-electron chi connectivity index (χ1n) is 6.00. The molecule has 102 valence electrons. The van der Waals surface area contributed by atoms with Crippen LogP contribution in [0.25, 0.3) is 0 Å². The molecular formula is C13H15ClN2O3. The number of carbonyl (C=O) groups is 2. The molecule has 1 heterocycles.